The summed E-state index contributed by atoms with van der Waals surface area (Å²) in [6.45, 7) is 0.188. The summed E-state index contributed by atoms with van der Waals surface area (Å²) in [5, 5.41) is 0. The first-order valence-electron chi connectivity index (χ1n) is 5.45. The Morgan fingerprint density at radius 3 is 2.88 bits per heavy atom. The molecule has 5 nitrogen and oxygen atoms in total. The molecular formula is C11H15NO4S. The van der Waals surface area contributed by atoms with Gasteiger partial charge in [-0.1, -0.05) is 0 Å². The summed E-state index contributed by atoms with van der Waals surface area (Å²) in [7, 11) is -1.14. The number of hydrogen-bond acceptors (Lipinski definition) is 5. The second kappa shape index (κ2) is 4.62. The fourth-order valence-corrected chi connectivity index (χ4v) is 3.80. The number of likely N-dealkylation sites (N-methyl/N-ethyl adjacent to an activating group) is 1. The second-order valence-electron chi connectivity index (χ2n) is 4.37. The molecule has 0 aliphatic carbocycles. The van der Waals surface area contributed by atoms with Crippen LogP contribution in [-0.2, 0) is 9.84 Å². The van der Waals surface area contributed by atoms with Crippen LogP contribution in [0.15, 0.2) is 22.8 Å². The molecule has 1 atom stereocenters. The van der Waals surface area contributed by atoms with Crippen LogP contribution in [0.25, 0.3) is 0 Å². The highest BCUT2D eigenvalue weighted by molar-refractivity contribution is 7.91. The summed E-state index contributed by atoms with van der Waals surface area (Å²) in [5.74, 6) is 0.561. The summed E-state index contributed by atoms with van der Waals surface area (Å²) in [6.07, 6.45) is 2.05. The maximum absolute atomic E-state index is 11.7. The summed E-state index contributed by atoms with van der Waals surface area (Å²) >= 11 is 0. The molecule has 6 heteroatoms. The molecule has 1 unspecified atom stereocenters. The molecule has 1 aromatic rings. The van der Waals surface area contributed by atoms with Crippen molar-refractivity contribution in [3.63, 3.8) is 0 Å². The van der Waals surface area contributed by atoms with Gasteiger partial charge in [-0.15, -0.1) is 0 Å². The topological polar surface area (TPSA) is 67.6 Å². The van der Waals surface area contributed by atoms with E-state index in [1.165, 1.54) is 6.26 Å². The van der Waals surface area contributed by atoms with Crippen LogP contribution in [0.2, 0.25) is 0 Å². The van der Waals surface area contributed by atoms with E-state index in [4.69, 9.17) is 4.42 Å². The highest BCUT2D eigenvalue weighted by atomic mass is 32.2. The van der Waals surface area contributed by atoms with Crippen molar-refractivity contribution in [3.05, 3.63) is 24.2 Å². The van der Waals surface area contributed by atoms with E-state index >= 15 is 0 Å². The van der Waals surface area contributed by atoms with Gasteiger partial charge in [0, 0.05) is 6.04 Å². The molecule has 0 aromatic carbocycles. The molecule has 1 fully saturated rings. The summed E-state index contributed by atoms with van der Waals surface area (Å²) in [6, 6.07) is 3.22. The third kappa shape index (κ3) is 2.95. The average molecular weight is 257 g/mol. The van der Waals surface area contributed by atoms with Crippen LogP contribution in [0.5, 0.6) is 0 Å². The number of ketones is 1. The lowest BCUT2D eigenvalue weighted by Crippen LogP contribution is -2.36. The molecular weight excluding hydrogens is 242 g/mol. The number of nitrogens with zero attached hydrogens (tertiary/aromatic N) is 1. The molecule has 94 valence electrons. The first-order chi connectivity index (χ1) is 7.98. The van der Waals surface area contributed by atoms with Gasteiger partial charge >= 0.3 is 0 Å². The van der Waals surface area contributed by atoms with E-state index in [1.54, 1.807) is 24.1 Å². The zero-order valence-electron chi connectivity index (χ0n) is 9.63. The van der Waals surface area contributed by atoms with Crippen molar-refractivity contribution in [2.24, 2.45) is 0 Å². The predicted molar refractivity (Wildman–Crippen MR) is 62.7 cm³/mol. The molecule has 0 spiro atoms. The van der Waals surface area contributed by atoms with Crippen molar-refractivity contribution in [3.8, 4) is 0 Å². The standard InChI is InChI=1S/C11H15NO4S/c1-12(9-4-6-17(14,15)8-9)7-10(13)11-3-2-5-16-11/h2-3,5,9H,4,6-8H2,1H3. The van der Waals surface area contributed by atoms with Crippen LogP contribution in [0, 0.1) is 0 Å². The lowest BCUT2D eigenvalue weighted by molar-refractivity contribution is 0.0899. The Bertz CT molecular complexity index is 492. The van der Waals surface area contributed by atoms with Gasteiger partial charge in [0.05, 0.1) is 24.3 Å². The highest BCUT2D eigenvalue weighted by Gasteiger charge is 2.31. The van der Waals surface area contributed by atoms with Crippen molar-refractivity contribution < 1.29 is 17.6 Å². The second-order valence-corrected chi connectivity index (χ2v) is 6.60. The molecule has 0 radical (unpaired) electrons. The van der Waals surface area contributed by atoms with Crippen LogP contribution in [-0.4, -0.2) is 50.2 Å². The van der Waals surface area contributed by atoms with Gasteiger partial charge in [-0.2, -0.15) is 0 Å². The molecule has 17 heavy (non-hydrogen) atoms. The van der Waals surface area contributed by atoms with E-state index in [9.17, 15) is 13.2 Å². The van der Waals surface area contributed by atoms with E-state index in [0.29, 0.717) is 12.2 Å². The highest BCUT2D eigenvalue weighted by Crippen LogP contribution is 2.16. The molecule has 0 amide bonds. The summed E-state index contributed by atoms with van der Waals surface area (Å²) in [5.41, 5.74) is 0. The molecule has 2 heterocycles. The minimum absolute atomic E-state index is 0.0566. The van der Waals surface area contributed by atoms with Crippen LogP contribution in [0.4, 0.5) is 0 Å². The number of furan rings is 1. The third-order valence-corrected chi connectivity index (χ3v) is 4.77. The third-order valence-electron chi connectivity index (χ3n) is 3.02. The van der Waals surface area contributed by atoms with Gasteiger partial charge in [0.25, 0.3) is 0 Å². The Hall–Kier alpha value is -1.14. The number of carbonyl (C=O) groups excluding carboxylic acids is 1. The van der Waals surface area contributed by atoms with Crippen molar-refractivity contribution in [2.45, 2.75) is 12.5 Å². The van der Waals surface area contributed by atoms with Crippen molar-refractivity contribution in [1.82, 2.24) is 4.90 Å². The number of sulfone groups is 1. The first kappa shape index (κ1) is 12.3. The van der Waals surface area contributed by atoms with E-state index in [2.05, 4.69) is 0 Å². The Morgan fingerprint density at radius 2 is 2.35 bits per heavy atom. The Balaban J connectivity index is 1.94. The molecule has 0 bridgehead atoms. The van der Waals surface area contributed by atoms with Gasteiger partial charge < -0.3 is 4.42 Å². The Morgan fingerprint density at radius 1 is 1.59 bits per heavy atom. The zero-order chi connectivity index (χ0) is 12.5. The number of rotatable bonds is 4. The number of Topliss-reactive ketones (excluding diaryl/α,β-unsaturated/α-hetero) is 1. The minimum atomic E-state index is -2.91. The molecule has 1 saturated heterocycles. The molecule has 0 saturated carbocycles. The fraction of sp³-hybridized carbons (Fsp3) is 0.545. The molecule has 1 aromatic heterocycles. The lowest BCUT2D eigenvalue weighted by Gasteiger charge is -2.21. The monoisotopic (exact) mass is 257 g/mol. The predicted octanol–water partition coefficient (Wildman–Crippen LogP) is 0.581. The smallest absolute Gasteiger partial charge is 0.211 e. The van der Waals surface area contributed by atoms with E-state index in [1.807, 2.05) is 0 Å². The van der Waals surface area contributed by atoms with Crippen molar-refractivity contribution in [2.75, 3.05) is 25.1 Å². The normalized spacial score (nSPS) is 23.1. The first-order valence-corrected chi connectivity index (χ1v) is 7.27. The van der Waals surface area contributed by atoms with E-state index < -0.39 is 9.84 Å². The van der Waals surface area contributed by atoms with Crippen molar-refractivity contribution in [1.29, 1.82) is 0 Å². The maximum Gasteiger partial charge on any atom is 0.211 e. The number of hydrogen-bond donors (Lipinski definition) is 0. The molecule has 1 aliphatic rings. The average Bonchev–Trinajstić information content (AvgIpc) is 2.86. The lowest BCUT2D eigenvalue weighted by atomic mass is 10.2. The van der Waals surface area contributed by atoms with Gasteiger partial charge in [0.2, 0.25) is 5.78 Å². The van der Waals surface area contributed by atoms with Gasteiger partial charge in [0.15, 0.2) is 15.6 Å². The largest absolute Gasteiger partial charge is 0.461 e. The summed E-state index contributed by atoms with van der Waals surface area (Å²) in [4.78, 5) is 13.5. The van der Waals surface area contributed by atoms with Gasteiger partial charge in [-0.25, -0.2) is 8.42 Å². The molecule has 1 aliphatic heterocycles. The number of carbonyl (C=O) groups is 1. The minimum Gasteiger partial charge on any atom is -0.461 e. The van der Waals surface area contributed by atoms with Gasteiger partial charge in [-0.3, -0.25) is 9.69 Å². The maximum atomic E-state index is 11.7. The Kier molecular flexibility index (Phi) is 3.35. The van der Waals surface area contributed by atoms with E-state index in [0.717, 1.165) is 0 Å². The molecule has 0 N–H and O–H groups in total. The van der Waals surface area contributed by atoms with E-state index in [-0.39, 0.29) is 29.9 Å². The van der Waals surface area contributed by atoms with Gasteiger partial charge in [0.1, 0.15) is 0 Å². The molecule has 2 rings (SSSR count). The summed E-state index contributed by atoms with van der Waals surface area (Å²) < 4.78 is 27.7. The SMILES string of the molecule is CN(CC(=O)c1ccco1)C1CCS(=O)(=O)C1. The van der Waals surface area contributed by atoms with Crippen LogP contribution in [0.3, 0.4) is 0 Å². The fourth-order valence-electron chi connectivity index (χ4n) is 1.99. The van der Waals surface area contributed by atoms with Crippen LogP contribution in [0.1, 0.15) is 17.0 Å². The Labute approximate surface area is 100 Å². The van der Waals surface area contributed by atoms with Crippen LogP contribution < -0.4 is 0 Å². The zero-order valence-corrected chi connectivity index (χ0v) is 10.4. The van der Waals surface area contributed by atoms with Crippen molar-refractivity contribution >= 4 is 15.6 Å². The van der Waals surface area contributed by atoms with Crippen LogP contribution >= 0.6 is 0 Å². The quantitative estimate of drug-likeness (QED) is 0.738. The van der Waals surface area contributed by atoms with Gasteiger partial charge in [-0.05, 0) is 25.6 Å².